The molecule has 1 aromatic heterocycles. The molecule has 2 saturated heterocycles. The van der Waals surface area contributed by atoms with E-state index in [0.29, 0.717) is 36.0 Å². The van der Waals surface area contributed by atoms with E-state index in [-0.39, 0.29) is 36.9 Å². The number of likely N-dealkylation sites (N-methyl/N-ethyl adjacent to an activating group) is 1. The van der Waals surface area contributed by atoms with Crippen LogP contribution in [0.2, 0.25) is 0 Å². The number of amides is 5. The number of nitrogens with one attached hydrogen (secondary N) is 4. The molecule has 4 aromatic rings. The maximum Gasteiger partial charge on any atom is 0.389 e. The number of rotatable bonds is 14. The summed E-state index contributed by atoms with van der Waals surface area (Å²) in [6, 6.07) is 10.2. The zero-order chi connectivity index (χ0) is 42.6. The number of hydrogen-bond donors (Lipinski definition) is 7. The third-order valence-corrected chi connectivity index (χ3v) is 10.8. The van der Waals surface area contributed by atoms with Crippen LogP contribution in [0.1, 0.15) is 65.3 Å². The number of nitrogens with two attached hydrogens (primary N) is 1. The van der Waals surface area contributed by atoms with E-state index >= 15 is 0 Å². The van der Waals surface area contributed by atoms with Gasteiger partial charge in [0.2, 0.25) is 23.6 Å². The molecule has 0 radical (unpaired) electrons. The summed E-state index contributed by atoms with van der Waals surface area (Å²) in [6.07, 6.45) is -3.37. The lowest BCUT2D eigenvalue weighted by Crippen LogP contribution is -2.61. The SMILES string of the molecule is CN1CC[C@H]2CC[C@@H](C(=O)N[C@@H](CCC(N)=O)C(=O)NC(c3ccc(F)cc3)c3ccc(F)cc3)N2C(=O)[C@@H](NC(=O)c2cc3cc(C(F)(F)OP(O)O)ccc3[nH]2)C1. The van der Waals surface area contributed by atoms with Crippen LogP contribution in [0, 0.1) is 11.6 Å². The van der Waals surface area contributed by atoms with Gasteiger partial charge < -0.3 is 46.3 Å². The summed E-state index contributed by atoms with van der Waals surface area (Å²) in [7, 11) is -1.60. The third kappa shape index (κ3) is 10.4. The van der Waals surface area contributed by atoms with Gasteiger partial charge in [0.05, 0.1) is 11.6 Å². The molecule has 8 N–H and O–H groups in total. The van der Waals surface area contributed by atoms with E-state index < -0.39 is 91.7 Å². The Hall–Kier alpha value is -5.46. The van der Waals surface area contributed by atoms with Crippen molar-refractivity contribution >= 4 is 49.0 Å². The number of nitrogens with zero attached hydrogens (tertiary/aromatic N) is 2. The van der Waals surface area contributed by atoms with Crippen LogP contribution in [0.3, 0.4) is 0 Å². The van der Waals surface area contributed by atoms with Gasteiger partial charge in [0.25, 0.3) is 5.91 Å². The predicted molar refractivity (Wildman–Crippen MR) is 205 cm³/mol. The van der Waals surface area contributed by atoms with Gasteiger partial charge in [-0.1, -0.05) is 24.3 Å². The Morgan fingerprint density at radius 2 is 1.59 bits per heavy atom. The van der Waals surface area contributed by atoms with Crippen molar-refractivity contribution in [2.24, 2.45) is 5.73 Å². The van der Waals surface area contributed by atoms with Crippen LogP contribution in [-0.2, 0) is 29.8 Å². The highest BCUT2D eigenvalue weighted by Gasteiger charge is 2.45. The minimum Gasteiger partial charge on any atom is -0.370 e. The first kappa shape index (κ1) is 43.1. The van der Waals surface area contributed by atoms with E-state index in [4.69, 9.17) is 15.5 Å². The molecule has 0 aliphatic carbocycles. The number of alkyl halides is 2. The Labute approximate surface area is 336 Å². The van der Waals surface area contributed by atoms with Crippen molar-refractivity contribution in [1.29, 1.82) is 0 Å². The largest absolute Gasteiger partial charge is 0.389 e. The highest BCUT2D eigenvalue weighted by molar-refractivity contribution is 7.39. The van der Waals surface area contributed by atoms with Crippen LogP contribution in [0.25, 0.3) is 10.9 Å². The van der Waals surface area contributed by atoms with Gasteiger partial charge in [-0.05, 0) is 98.9 Å². The van der Waals surface area contributed by atoms with Crippen molar-refractivity contribution in [1.82, 2.24) is 30.7 Å². The summed E-state index contributed by atoms with van der Waals surface area (Å²) in [5.41, 5.74) is 5.84. The molecule has 15 nitrogen and oxygen atoms in total. The molecule has 20 heteroatoms. The summed E-state index contributed by atoms with van der Waals surface area (Å²) < 4.78 is 60.4. The molecule has 0 bridgehead atoms. The number of carbonyl (C=O) groups is 5. The first-order chi connectivity index (χ1) is 28.0. The Bertz CT molecular complexity index is 2150. The second-order valence-electron chi connectivity index (χ2n) is 14.5. The molecular weight excluding hydrogens is 801 g/mol. The molecule has 2 aliphatic heterocycles. The minimum absolute atomic E-state index is 0.0547. The van der Waals surface area contributed by atoms with Gasteiger partial charge in [-0.15, -0.1) is 0 Å². The monoisotopic (exact) mass is 843 g/mol. The van der Waals surface area contributed by atoms with Gasteiger partial charge in [-0.25, -0.2) is 13.3 Å². The van der Waals surface area contributed by atoms with Crippen LogP contribution in [0.5, 0.6) is 0 Å². The second-order valence-corrected chi connectivity index (χ2v) is 15.2. The molecule has 0 saturated carbocycles. The summed E-state index contributed by atoms with van der Waals surface area (Å²) in [5.74, 6) is -4.52. The van der Waals surface area contributed by atoms with Crippen molar-refractivity contribution < 1.29 is 55.8 Å². The average molecular weight is 844 g/mol. The van der Waals surface area contributed by atoms with Crippen LogP contribution in [-0.4, -0.2) is 98.4 Å². The van der Waals surface area contributed by atoms with Gasteiger partial charge in [0.15, 0.2) is 0 Å². The first-order valence-corrected chi connectivity index (χ1v) is 19.7. The molecule has 0 unspecified atom stereocenters. The topological polar surface area (TPSA) is 219 Å². The Morgan fingerprint density at radius 3 is 2.20 bits per heavy atom. The molecule has 3 heterocycles. The number of carbonyl (C=O) groups excluding carboxylic acids is 5. The molecule has 5 amide bonds. The molecule has 2 aliphatic rings. The highest BCUT2D eigenvalue weighted by Crippen LogP contribution is 2.42. The molecule has 6 rings (SSSR count). The fourth-order valence-corrected chi connectivity index (χ4v) is 7.77. The van der Waals surface area contributed by atoms with Gasteiger partial charge >= 0.3 is 14.7 Å². The van der Waals surface area contributed by atoms with E-state index in [1.807, 2.05) is 4.90 Å². The van der Waals surface area contributed by atoms with E-state index in [0.717, 1.165) is 12.1 Å². The Kier molecular flexibility index (Phi) is 13.3. The van der Waals surface area contributed by atoms with Crippen LogP contribution in [0.4, 0.5) is 17.6 Å². The molecule has 3 aromatic carbocycles. The predicted octanol–water partition coefficient (Wildman–Crippen LogP) is 3.17. The molecule has 0 spiro atoms. The highest BCUT2D eigenvalue weighted by atomic mass is 31.2. The van der Waals surface area contributed by atoms with Gasteiger partial charge in [0.1, 0.15) is 35.5 Å². The van der Waals surface area contributed by atoms with E-state index in [9.17, 15) is 41.5 Å². The molecule has 59 heavy (non-hydrogen) atoms. The standard InChI is InChI=1S/C39H42F4N7O8P/c1-49-17-16-27-11-14-32(50(27)38(55)31(20-49)47-36(53)30-19-23-18-24(6-12-28(23)45-30)39(42,43)58-59(56)57)37(54)46-29(13-15-33(44)51)35(52)48-34(21-2-7-25(40)8-3-21)22-4-9-26(41)10-5-22/h2-10,12,18-19,27,29,31-32,34,45,56-57H,11,13-17,20H2,1H3,(H2,44,51)(H,46,54)(H,47,53)(H,48,52)/t27-,29+,31+,32+/m1/s1. The molecule has 4 atom stereocenters. The molecule has 314 valence electrons. The average Bonchev–Trinajstić information content (AvgIpc) is 3.81. The summed E-state index contributed by atoms with van der Waals surface area (Å²) in [5, 5.41) is 8.39. The van der Waals surface area contributed by atoms with Crippen LogP contribution >= 0.6 is 8.60 Å². The fraction of sp³-hybridized carbons (Fsp3) is 0.359. The minimum atomic E-state index is -4.03. The number of aromatic amines is 1. The van der Waals surface area contributed by atoms with Crippen molar-refractivity contribution in [3.8, 4) is 0 Å². The second kappa shape index (κ2) is 18.2. The van der Waals surface area contributed by atoms with Crippen molar-refractivity contribution in [2.75, 3.05) is 20.1 Å². The zero-order valence-electron chi connectivity index (χ0n) is 31.5. The zero-order valence-corrected chi connectivity index (χ0v) is 32.4. The van der Waals surface area contributed by atoms with E-state index in [1.165, 1.54) is 65.6 Å². The number of primary amides is 1. The third-order valence-electron chi connectivity index (χ3n) is 10.4. The smallest absolute Gasteiger partial charge is 0.370 e. The van der Waals surface area contributed by atoms with Gasteiger partial charge in [-0.3, -0.25) is 24.0 Å². The van der Waals surface area contributed by atoms with Crippen molar-refractivity contribution in [2.45, 2.75) is 68.4 Å². The Morgan fingerprint density at radius 1 is 0.949 bits per heavy atom. The maximum absolute atomic E-state index is 14.4. The number of fused-ring (bicyclic) bond motifs is 2. The number of aromatic nitrogens is 1. The summed E-state index contributed by atoms with van der Waals surface area (Å²) in [6.45, 7) is 0.557. The molecular formula is C39H42F4N7O8P. The number of hydrogen-bond acceptors (Lipinski definition) is 9. The van der Waals surface area contributed by atoms with Crippen LogP contribution in [0.15, 0.2) is 72.8 Å². The summed E-state index contributed by atoms with van der Waals surface area (Å²) in [4.78, 5) is 91.8. The lowest BCUT2D eigenvalue weighted by atomic mass is 9.97. The van der Waals surface area contributed by atoms with Gasteiger partial charge in [-0.2, -0.15) is 8.78 Å². The van der Waals surface area contributed by atoms with Crippen molar-refractivity contribution in [3.05, 3.63) is 107 Å². The van der Waals surface area contributed by atoms with E-state index in [2.05, 4.69) is 25.5 Å². The van der Waals surface area contributed by atoms with Crippen LogP contribution < -0.4 is 21.7 Å². The van der Waals surface area contributed by atoms with Crippen molar-refractivity contribution in [3.63, 3.8) is 0 Å². The van der Waals surface area contributed by atoms with E-state index in [1.54, 1.807) is 7.05 Å². The maximum atomic E-state index is 14.4. The number of H-pyrrole nitrogens is 1. The molecule has 2 fully saturated rings. The normalized spacial score (nSPS) is 19.3. The fourth-order valence-electron chi connectivity index (χ4n) is 7.46. The number of halogens is 4. The summed E-state index contributed by atoms with van der Waals surface area (Å²) >= 11 is 0. The number of benzene rings is 3. The van der Waals surface area contributed by atoms with Gasteiger partial charge in [0, 0.05) is 29.9 Å². The Balaban J connectivity index is 1.20. The first-order valence-electron chi connectivity index (χ1n) is 18.6. The lowest BCUT2D eigenvalue weighted by Gasteiger charge is -2.38. The lowest BCUT2D eigenvalue weighted by molar-refractivity contribution is -0.189. The quantitative estimate of drug-likeness (QED) is 0.0732.